The molecule has 0 atom stereocenters. The Morgan fingerprint density at radius 3 is 2.40 bits per heavy atom. The van der Waals surface area contributed by atoms with Gasteiger partial charge in [0.2, 0.25) is 0 Å². The van der Waals surface area contributed by atoms with Crippen LogP contribution in [0.3, 0.4) is 0 Å². The van der Waals surface area contributed by atoms with Crippen molar-refractivity contribution in [2.45, 2.75) is 34.1 Å². The minimum Gasteiger partial charge on any atom is -0.360 e. The number of H-pyrrole nitrogens is 1. The lowest BCUT2D eigenvalue weighted by atomic mass is 10.0. The number of aromatic amines is 1. The van der Waals surface area contributed by atoms with Gasteiger partial charge in [0.25, 0.3) is 0 Å². The van der Waals surface area contributed by atoms with Crippen molar-refractivity contribution in [2.75, 3.05) is 5.32 Å². The summed E-state index contributed by atoms with van der Waals surface area (Å²) in [4.78, 5) is 3.21. The van der Waals surface area contributed by atoms with Crippen LogP contribution in [0.15, 0.2) is 60.5 Å². The molecule has 0 fully saturated rings. The van der Waals surface area contributed by atoms with Gasteiger partial charge in [0, 0.05) is 22.5 Å². The van der Waals surface area contributed by atoms with Gasteiger partial charge in [-0.05, 0) is 55.5 Å². The largest absolute Gasteiger partial charge is 0.360 e. The Kier molecular flexibility index (Phi) is 6.24. The summed E-state index contributed by atoms with van der Waals surface area (Å²) in [7, 11) is 0. The average molecular weight is 332 g/mol. The second kappa shape index (κ2) is 8.39. The Labute approximate surface area is 151 Å². The van der Waals surface area contributed by atoms with E-state index in [1.807, 2.05) is 26.1 Å². The van der Waals surface area contributed by atoms with E-state index in [1.165, 1.54) is 16.7 Å². The number of aryl methyl sites for hydroxylation is 1. The summed E-state index contributed by atoms with van der Waals surface area (Å²) in [6.45, 7) is 16.5. The summed E-state index contributed by atoms with van der Waals surface area (Å²) in [5.74, 6) is 0. The summed E-state index contributed by atoms with van der Waals surface area (Å²) < 4.78 is 0. The predicted octanol–water partition coefficient (Wildman–Crippen LogP) is 4.76. The number of hydrogen-bond acceptors (Lipinski definition) is 1. The first-order valence-corrected chi connectivity index (χ1v) is 8.73. The van der Waals surface area contributed by atoms with Crippen molar-refractivity contribution in [3.8, 4) is 0 Å². The topological polar surface area (TPSA) is 27.8 Å². The number of aromatic nitrogens is 1. The SMILES string of the molecule is C=C(Nc1c[nH]c(=C)/c1=C\C(=C/C)c1ccc(CC)cc1)/C(C)=C/C. The van der Waals surface area contributed by atoms with E-state index >= 15 is 0 Å². The molecule has 0 saturated heterocycles. The van der Waals surface area contributed by atoms with Gasteiger partial charge in [-0.3, -0.25) is 0 Å². The normalized spacial score (nSPS) is 13.2. The Morgan fingerprint density at radius 2 is 1.84 bits per heavy atom. The van der Waals surface area contributed by atoms with Gasteiger partial charge in [-0.2, -0.15) is 0 Å². The lowest BCUT2D eigenvalue weighted by Gasteiger charge is -2.09. The molecule has 130 valence electrons. The van der Waals surface area contributed by atoms with Gasteiger partial charge < -0.3 is 10.3 Å². The van der Waals surface area contributed by atoms with Gasteiger partial charge in [0.1, 0.15) is 0 Å². The maximum atomic E-state index is 4.12. The van der Waals surface area contributed by atoms with Crippen LogP contribution in [0.25, 0.3) is 18.2 Å². The van der Waals surface area contributed by atoms with Crippen molar-refractivity contribution in [2.24, 2.45) is 0 Å². The molecule has 1 aromatic heterocycles. The molecule has 2 N–H and O–H groups in total. The highest BCUT2D eigenvalue weighted by atomic mass is 14.9. The molecule has 0 radical (unpaired) electrons. The van der Waals surface area contributed by atoms with Gasteiger partial charge in [-0.25, -0.2) is 0 Å². The molecule has 2 aromatic rings. The Hall–Kier alpha value is -2.74. The zero-order valence-corrected chi connectivity index (χ0v) is 15.7. The molecule has 0 aliphatic heterocycles. The quantitative estimate of drug-likeness (QED) is 0.733. The van der Waals surface area contributed by atoms with Crippen molar-refractivity contribution in [3.63, 3.8) is 0 Å². The van der Waals surface area contributed by atoms with E-state index in [1.54, 1.807) is 0 Å². The molecule has 0 aliphatic rings. The van der Waals surface area contributed by atoms with Crippen molar-refractivity contribution < 1.29 is 0 Å². The first-order chi connectivity index (χ1) is 12.0. The molecule has 0 unspecified atom stereocenters. The number of hydrogen-bond donors (Lipinski definition) is 2. The first-order valence-electron chi connectivity index (χ1n) is 8.73. The molecule has 0 amide bonds. The zero-order chi connectivity index (χ0) is 18.4. The second-order valence-electron chi connectivity index (χ2n) is 6.11. The van der Waals surface area contributed by atoms with Crippen LogP contribution in [0.2, 0.25) is 0 Å². The molecule has 0 aliphatic carbocycles. The van der Waals surface area contributed by atoms with Gasteiger partial charge in [-0.15, -0.1) is 0 Å². The third-order valence-electron chi connectivity index (χ3n) is 4.51. The molecule has 2 nitrogen and oxygen atoms in total. The highest BCUT2D eigenvalue weighted by molar-refractivity contribution is 5.89. The van der Waals surface area contributed by atoms with Crippen LogP contribution in [-0.2, 0) is 6.42 Å². The van der Waals surface area contributed by atoms with Gasteiger partial charge in [-0.1, -0.05) is 56.5 Å². The van der Waals surface area contributed by atoms with Crippen LogP contribution in [-0.4, -0.2) is 4.98 Å². The van der Waals surface area contributed by atoms with Crippen LogP contribution >= 0.6 is 0 Å². The summed E-state index contributed by atoms with van der Waals surface area (Å²) >= 11 is 0. The summed E-state index contributed by atoms with van der Waals surface area (Å²) in [6.07, 6.45) is 9.33. The fraction of sp³-hybridized carbons (Fsp3) is 0.217. The van der Waals surface area contributed by atoms with Crippen molar-refractivity contribution >= 4 is 23.9 Å². The summed E-state index contributed by atoms with van der Waals surface area (Å²) in [5.41, 5.74) is 6.72. The number of allylic oxidation sites excluding steroid dienone is 4. The minimum atomic E-state index is 0.887. The molecular weight excluding hydrogens is 304 g/mol. The molecule has 2 rings (SSSR count). The third-order valence-corrected chi connectivity index (χ3v) is 4.51. The molecular formula is C23H28N2. The minimum absolute atomic E-state index is 0.887. The molecule has 0 saturated carbocycles. The average Bonchev–Trinajstić information content (AvgIpc) is 2.98. The van der Waals surface area contributed by atoms with Crippen LogP contribution < -0.4 is 15.9 Å². The van der Waals surface area contributed by atoms with Gasteiger partial charge in [0.15, 0.2) is 0 Å². The standard InChI is InChI=1S/C23H28N2/c1-7-16(4)17(5)25-23-15-24-18(6)22(23)14-20(9-3)21-12-10-19(8-2)11-13-21/h7,9-15,24-25H,5-6,8H2,1-4H3/b16-7+,20-9+,22-14+. The fourth-order valence-corrected chi connectivity index (χ4v) is 2.60. The Balaban J connectivity index is 2.43. The highest BCUT2D eigenvalue weighted by Crippen LogP contribution is 2.18. The van der Waals surface area contributed by atoms with Crippen LogP contribution in [0.1, 0.15) is 38.8 Å². The van der Waals surface area contributed by atoms with Crippen molar-refractivity contribution in [1.29, 1.82) is 0 Å². The van der Waals surface area contributed by atoms with E-state index in [0.29, 0.717) is 0 Å². The van der Waals surface area contributed by atoms with E-state index < -0.39 is 0 Å². The maximum Gasteiger partial charge on any atom is 0.0641 e. The second-order valence-corrected chi connectivity index (χ2v) is 6.11. The van der Waals surface area contributed by atoms with Crippen molar-refractivity contribution in [3.05, 3.63) is 82.2 Å². The van der Waals surface area contributed by atoms with E-state index in [0.717, 1.165) is 33.9 Å². The van der Waals surface area contributed by atoms with Crippen LogP contribution in [0, 0.1) is 0 Å². The number of benzene rings is 1. The number of anilines is 1. The van der Waals surface area contributed by atoms with Crippen molar-refractivity contribution in [1.82, 2.24) is 4.98 Å². The Bertz CT molecular complexity index is 906. The molecule has 0 spiro atoms. The van der Waals surface area contributed by atoms with Crippen LogP contribution in [0.5, 0.6) is 0 Å². The van der Waals surface area contributed by atoms with Gasteiger partial charge in [0.05, 0.1) is 5.69 Å². The first kappa shape index (κ1) is 18.6. The molecule has 1 heterocycles. The third kappa shape index (κ3) is 4.42. The summed E-state index contributed by atoms with van der Waals surface area (Å²) in [6, 6.07) is 8.72. The number of nitrogens with one attached hydrogen (secondary N) is 2. The zero-order valence-electron chi connectivity index (χ0n) is 15.7. The number of rotatable bonds is 6. The lowest BCUT2D eigenvalue weighted by Crippen LogP contribution is -2.23. The van der Waals surface area contributed by atoms with E-state index in [4.69, 9.17) is 0 Å². The molecule has 1 aromatic carbocycles. The predicted molar refractivity (Wildman–Crippen MR) is 112 cm³/mol. The molecule has 25 heavy (non-hydrogen) atoms. The summed E-state index contributed by atoms with van der Waals surface area (Å²) in [5, 5.41) is 5.33. The van der Waals surface area contributed by atoms with E-state index in [-0.39, 0.29) is 0 Å². The molecule has 2 heteroatoms. The highest BCUT2D eigenvalue weighted by Gasteiger charge is 2.04. The van der Waals surface area contributed by atoms with Gasteiger partial charge >= 0.3 is 0 Å². The van der Waals surface area contributed by atoms with Crippen LogP contribution in [0.4, 0.5) is 5.69 Å². The molecule has 0 bridgehead atoms. The van der Waals surface area contributed by atoms with E-state index in [9.17, 15) is 0 Å². The monoisotopic (exact) mass is 332 g/mol. The Morgan fingerprint density at radius 1 is 1.16 bits per heavy atom. The lowest BCUT2D eigenvalue weighted by molar-refractivity contribution is 1.14. The van der Waals surface area contributed by atoms with E-state index in [2.05, 4.69) is 73.7 Å². The smallest absolute Gasteiger partial charge is 0.0641 e. The maximum absolute atomic E-state index is 4.12. The fourth-order valence-electron chi connectivity index (χ4n) is 2.60.